The smallest absolute Gasteiger partial charge is 0.302 e. The van der Waals surface area contributed by atoms with Gasteiger partial charge < -0.3 is 9.64 Å². The number of fused-ring (bicyclic) bond motifs is 5. The summed E-state index contributed by atoms with van der Waals surface area (Å²) in [4.78, 5) is 25.2. The van der Waals surface area contributed by atoms with Crippen molar-refractivity contribution in [2.75, 3.05) is 19.7 Å². The van der Waals surface area contributed by atoms with Crippen LogP contribution in [0.1, 0.15) is 57.7 Å². The van der Waals surface area contributed by atoms with E-state index in [4.69, 9.17) is 4.74 Å². The van der Waals surface area contributed by atoms with Gasteiger partial charge in [0.2, 0.25) is 5.91 Å². The van der Waals surface area contributed by atoms with E-state index in [1.165, 1.54) is 32.0 Å². The lowest BCUT2D eigenvalue weighted by Crippen LogP contribution is -2.48. The molecule has 2 aromatic rings. The van der Waals surface area contributed by atoms with E-state index in [0.717, 1.165) is 24.1 Å². The Morgan fingerprint density at radius 3 is 2.50 bits per heavy atom. The first-order valence-electron chi connectivity index (χ1n) is 10.8. The van der Waals surface area contributed by atoms with Crippen LogP contribution in [0.4, 0.5) is 8.78 Å². The molecular weight excluding hydrogens is 416 g/mol. The van der Waals surface area contributed by atoms with Gasteiger partial charge in [0.1, 0.15) is 18.2 Å². The van der Waals surface area contributed by atoms with Gasteiger partial charge in [-0.1, -0.05) is 19.9 Å². The normalized spacial score (nSPS) is 22.5. The minimum atomic E-state index is -0.676. The fourth-order valence-electron chi connectivity index (χ4n) is 5.61. The summed E-state index contributed by atoms with van der Waals surface area (Å²) in [5.74, 6) is -1.71. The molecule has 0 unspecified atom stereocenters. The Kier molecular flexibility index (Phi) is 5.51. The maximum atomic E-state index is 14.4. The van der Waals surface area contributed by atoms with Crippen molar-refractivity contribution in [1.82, 2.24) is 15.1 Å². The lowest BCUT2D eigenvalue weighted by molar-refractivity contribution is -0.143. The van der Waals surface area contributed by atoms with Crippen LogP contribution in [-0.4, -0.2) is 46.7 Å². The van der Waals surface area contributed by atoms with Gasteiger partial charge in [0.05, 0.1) is 23.5 Å². The second-order valence-electron chi connectivity index (χ2n) is 9.31. The van der Waals surface area contributed by atoms with Crippen LogP contribution in [-0.2, 0) is 19.7 Å². The van der Waals surface area contributed by atoms with Gasteiger partial charge >= 0.3 is 5.97 Å². The van der Waals surface area contributed by atoms with Crippen LogP contribution in [0, 0.1) is 17.0 Å². The molecular formula is C24H27F2N3O3. The fourth-order valence-corrected chi connectivity index (χ4v) is 5.61. The van der Waals surface area contributed by atoms with E-state index in [-0.39, 0.29) is 35.1 Å². The van der Waals surface area contributed by atoms with Gasteiger partial charge in [0, 0.05) is 25.8 Å². The summed E-state index contributed by atoms with van der Waals surface area (Å²) in [6.45, 7) is 7.97. The van der Waals surface area contributed by atoms with E-state index in [1.807, 2.05) is 0 Å². The maximum absolute atomic E-state index is 14.4. The van der Waals surface area contributed by atoms with E-state index in [0.29, 0.717) is 13.1 Å². The van der Waals surface area contributed by atoms with Crippen LogP contribution in [0.15, 0.2) is 24.3 Å². The molecule has 4 rings (SSSR count). The molecule has 8 heteroatoms. The van der Waals surface area contributed by atoms with E-state index in [2.05, 4.69) is 24.0 Å². The molecule has 2 aliphatic carbocycles. The Labute approximate surface area is 186 Å². The number of amides is 1. The molecule has 0 N–H and O–H groups in total. The Hall–Kier alpha value is -2.90. The minimum Gasteiger partial charge on any atom is -0.464 e. The van der Waals surface area contributed by atoms with Crippen molar-refractivity contribution < 1.29 is 23.1 Å². The molecule has 2 bridgehead atoms. The van der Waals surface area contributed by atoms with Crippen LogP contribution in [0.25, 0.3) is 11.3 Å². The van der Waals surface area contributed by atoms with Gasteiger partial charge in [0.15, 0.2) is 0 Å². The lowest BCUT2D eigenvalue weighted by Gasteiger charge is -2.41. The number of rotatable bonds is 6. The van der Waals surface area contributed by atoms with Gasteiger partial charge in [-0.3, -0.25) is 9.59 Å². The molecule has 1 aromatic heterocycles. The predicted octanol–water partition coefficient (Wildman–Crippen LogP) is 3.99. The summed E-state index contributed by atoms with van der Waals surface area (Å²) >= 11 is 0. The van der Waals surface area contributed by atoms with Crippen molar-refractivity contribution in [3.63, 3.8) is 0 Å². The zero-order chi connectivity index (χ0) is 23.3. The number of carbonyl (C=O) groups excluding carboxylic acids is 2. The number of halogens is 2. The quantitative estimate of drug-likeness (QED) is 0.632. The Morgan fingerprint density at radius 1 is 1.19 bits per heavy atom. The van der Waals surface area contributed by atoms with Crippen LogP contribution in [0.2, 0.25) is 0 Å². The number of hydrogen-bond donors (Lipinski definition) is 0. The number of carbonyl (C=O) groups is 2. The summed E-state index contributed by atoms with van der Waals surface area (Å²) in [6, 6.07) is 5.49. The molecule has 1 heterocycles. The summed E-state index contributed by atoms with van der Waals surface area (Å²) in [5, 5.41) is 8.69. The molecule has 0 aliphatic heterocycles. The summed E-state index contributed by atoms with van der Waals surface area (Å²) in [5.41, 5.74) is 1.07. The zero-order valence-corrected chi connectivity index (χ0v) is 18.7. The molecule has 2 aliphatic rings. The molecule has 32 heavy (non-hydrogen) atoms. The summed E-state index contributed by atoms with van der Waals surface area (Å²) < 4.78 is 33.7. The molecule has 1 aromatic carbocycles. The van der Waals surface area contributed by atoms with Crippen molar-refractivity contribution in [3.05, 3.63) is 47.2 Å². The predicted molar refractivity (Wildman–Crippen MR) is 114 cm³/mol. The zero-order valence-electron chi connectivity index (χ0n) is 18.7. The molecule has 6 nitrogen and oxygen atoms in total. The minimum absolute atomic E-state index is 0.114. The highest BCUT2D eigenvalue weighted by atomic mass is 19.1. The lowest BCUT2D eigenvalue weighted by atomic mass is 9.68. The van der Waals surface area contributed by atoms with E-state index in [9.17, 15) is 18.4 Å². The topological polar surface area (TPSA) is 72.4 Å². The second-order valence-corrected chi connectivity index (χ2v) is 9.31. The van der Waals surface area contributed by atoms with E-state index in [1.54, 1.807) is 11.0 Å². The number of benzene rings is 1. The molecule has 170 valence electrons. The van der Waals surface area contributed by atoms with Crippen LogP contribution >= 0.6 is 0 Å². The molecule has 0 saturated heterocycles. The number of ether oxygens (including phenoxy) is 1. The van der Waals surface area contributed by atoms with Gasteiger partial charge in [0.25, 0.3) is 0 Å². The molecule has 2 atom stereocenters. The Bertz CT molecular complexity index is 1070. The summed E-state index contributed by atoms with van der Waals surface area (Å²) in [7, 11) is 0. The third-order valence-electron chi connectivity index (χ3n) is 7.41. The molecule has 1 fully saturated rings. The highest BCUT2D eigenvalue weighted by molar-refractivity contribution is 5.74. The van der Waals surface area contributed by atoms with Gasteiger partial charge in [-0.25, -0.2) is 8.78 Å². The maximum Gasteiger partial charge on any atom is 0.302 e. The van der Waals surface area contributed by atoms with Crippen molar-refractivity contribution in [2.45, 2.75) is 51.9 Å². The SMILES string of the molecule is CC(=O)OCCN(C[C@@]12CC[C@@H](c3cc(-c4c(F)cccc4F)nnc31)C2(C)C)C(C)=O. The third kappa shape index (κ3) is 3.36. The van der Waals surface area contributed by atoms with Gasteiger partial charge in [-0.15, -0.1) is 0 Å². The van der Waals surface area contributed by atoms with Crippen molar-refractivity contribution >= 4 is 11.9 Å². The summed E-state index contributed by atoms with van der Waals surface area (Å²) in [6.07, 6.45) is 1.72. The van der Waals surface area contributed by atoms with E-state index < -0.39 is 23.0 Å². The first-order valence-corrected chi connectivity index (χ1v) is 10.8. The number of nitrogens with zero attached hydrogens (tertiary/aromatic N) is 3. The third-order valence-corrected chi connectivity index (χ3v) is 7.41. The number of esters is 1. The fraction of sp³-hybridized carbons (Fsp3) is 0.500. The Balaban J connectivity index is 1.72. The first kappa shape index (κ1) is 22.3. The van der Waals surface area contributed by atoms with E-state index >= 15 is 0 Å². The number of hydrogen-bond acceptors (Lipinski definition) is 5. The second kappa shape index (κ2) is 7.90. The van der Waals surface area contributed by atoms with Gasteiger partial charge in [-0.2, -0.15) is 10.2 Å². The van der Waals surface area contributed by atoms with Crippen LogP contribution in [0.3, 0.4) is 0 Å². The van der Waals surface area contributed by atoms with Crippen LogP contribution in [0.5, 0.6) is 0 Å². The molecule has 1 amide bonds. The number of aromatic nitrogens is 2. The molecule has 0 spiro atoms. The highest BCUT2D eigenvalue weighted by Crippen LogP contribution is 2.67. The average Bonchev–Trinajstić information content (AvgIpc) is 3.07. The molecule has 0 radical (unpaired) electrons. The molecule has 1 saturated carbocycles. The monoisotopic (exact) mass is 443 g/mol. The van der Waals surface area contributed by atoms with Crippen molar-refractivity contribution in [1.29, 1.82) is 0 Å². The average molecular weight is 443 g/mol. The standard InChI is InChI=1S/C24H27F2N3O3/c1-14(30)29(10-11-32-15(2)31)13-24-9-8-17(23(24,3)4)16-12-20(27-28-22(16)24)21-18(25)6-5-7-19(21)26/h5-7,12,17H,8-11,13H2,1-4H3/t17-,24-/m0/s1. The van der Waals surface area contributed by atoms with Crippen molar-refractivity contribution in [3.8, 4) is 11.3 Å². The van der Waals surface area contributed by atoms with Crippen LogP contribution < -0.4 is 0 Å². The Morgan fingerprint density at radius 2 is 1.88 bits per heavy atom. The van der Waals surface area contributed by atoms with Crippen molar-refractivity contribution in [2.24, 2.45) is 5.41 Å². The highest BCUT2D eigenvalue weighted by Gasteiger charge is 2.63. The van der Waals surface area contributed by atoms with Gasteiger partial charge in [-0.05, 0) is 47.9 Å². The largest absolute Gasteiger partial charge is 0.464 e. The first-order chi connectivity index (χ1) is 15.1.